The molecule has 0 radical (unpaired) electrons. The summed E-state index contributed by atoms with van der Waals surface area (Å²) in [6, 6.07) is 22.6. The average molecular weight is 575 g/mol. The lowest BCUT2D eigenvalue weighted by atomic mass is 10.1. The first-order valence-electron chi connectivity index (χ1n) is 12.2. The van der Waals surface area contributed by atoms with Crippen molar-refractivity contribution >= 4 is 56.8 Å². The Kier molecular flexibility index (Phi) is 6.66. The summed E-state index contributed by atoms with van der Waals surface area (Å²) in [6.07, 6.45) is 0. The van der Waals surface area contributed by atoms with E-state index in [4.69, 9.17) is 0 Å². The van der Waals surface area contributed by atoms with Crippen molar-refractivity contribution < 1.29 is 8.78 Å². The molecule has 0 spiro atoms. The highest BCUT2D eigenvalue weighted by atomic mass is 32.1. The number of anilines is 2. The van der Waals surface area contributed by atoms with Crippen LogP contribution in [0.3, 0.4) is 0 Å². The molecular formula is C30H24F2N4S3. The van der Waals surface area contributed by atoms with E-state index >= 15 is 0 Å². The maximum atomic E-state index is 14.9. The summed E-state index contributed by atoms with van der Waals surface area (Å²) in [5.41, 5.74) is 6.36. The zero-order valence-electron chi connectivity index (χ0n) is 21.7. The van der Waals surface area contributed by atoms with E-state index in [-0.39, 0.29) is 11.6 Å². The van der Waals surface area contributed by atoms with Gasteiger partial charge in [-0.05, 0) is 60.7 Å². The minimum absolute atomic E-state index is 0.244. The standard InChI is InChI=1S/C30H24F2N4S3/c1-35(2)17-5-7-19(23(31)15-17)25-11-13-27(37-25)21-9-10-22(30-29(21)33-39-34-30)28-14-12-26(38-28)20-8-6-18(36(3)4)16-24(20)32/h5-16H,1-4H3. The summed E-state index contributed by atoms with van der Waals surface area (Å²) < 4.78 is 39.0. The molecule has 6 rings (SSSR count). The Morgan fingerprint density at radius 2 is 0.872 bits per heavy atom. The first kappa shape index (κ1) is 25.6. The minimum Gasteiger partial charge on any atom is -0.378 e. The molecule has 3 aromatic carbocycles. The molecule has 4 nitrogen and oxygen atoms in total. The third-order valence-corrected chi connectivity index (χ3v) is 9.46. The molecule has 0 aliphatic carbocycles. The fourth-order valence-electron chi connectivity index (χ4n) is 4.48. The van der Waals surface area contributed by atoms with E-state index < -0.39 is 0 Å². The normalized spacial score (nSPS) is 11.3. The van der Waals surface area contributed by atoms with Gasteiger partial charge in [0.1, 0.15) is 22.7 Å². The van der Waals surface area contributed by atoms with Crippen LogP contribution in [-0.2, 0) is 0 Å². The third-order valence-electron chi connectivity index (χ3n) is 6.63. The monoisotopic (exact) mass is 574 g/mol. The van der Waals surface area contributed by atoms with Crippen molar-refractivity contribution in [2.24, 2.45) is 0 Å². The first-order valence-corrected chi connectivity index (χ1v) is 14.6. The molecule has 0 saturated heterocycles. The predicted molar refractivity (Wildman–Crippen MR) is 163 cm³/mol. The van der Waals surface area contributed by atoms with Crippen LogP contribution < -0.4 is 9.80 Å². The van der Waals surface area contributed by atoms with Crippen molar-refractivity contribution in [1.29, 1.82) is 0 Å². The fraction of sp³-hybridized carbons (Fsp3) is 0.133. The lowest BCUT2D eigenvalue weighted by molar-refractivity contribution is 0.631. The first-order chi connectivity index (χ1) is 18.8. The van der Waals surface area contributed by atoms with E-state index in [0.29, 0.717) is 11.1 Å². The second-order valence-corrected chi connectivity index (χ2v) is 12.3. The average Bonchev–Trinajstić information content (AvgIpc) is 3.69. The largest absolute Gasteiger partial charge is 0.378 e. The molecule has 9 heteroatoms. The Balaban J connectivity index is 1.34. The second kappa shape index (κ2) is 10.1. The van der Waals surface area contributed by atoms with Gasteiger partial charge in [0.05, 0.1) is 11.7 Å². The maximum absolute atomic E-state index is 14.9. The van der Waals surface area contributed by atoms with Gasteiger partial charge in [0.25, 0.3) is 0 Å². The number of nitrogens with zero attached hydrogens (tertiary/aromatic N) is 4. The van der Waals surface area contributed by atoms with Crippen LogP contribution in [0.4, 0.5) is 20.2 Å². The fourth-order valence-corrected chi connectivity index (χ4v) is 7.18. The van der Waals surface area contributed by atoms with E-state index in [0.717, 1.165) is 53.0 Å². The second-order valence-electron chi connectivity index (χ2n) is 9.57. The number of rotatable bonds is 6. The van der Waals surface area contributed by atoms with Gasteiger partial charge in [-0.25, -0.2) is 8.78 Å². The number of benzene rings is 3. The topological polar surface area (TPSA) is 32.3 Å². The number of halogens is 2. The van der Waals surface area contributed by atoms with Crippen LogP contribution in [-0.4, -0.2) is 36.9 Å². The van der Waals surface area contributed by atoms with Crippen molar-refractivity contribution in [2.45, 2.75) is 0 Å². The maximum Gasteiger partial charge on any atom is 0.133 e. The molecule has 3 heterocycles. The number of aromatic nitrogens is 2. The van der Waals surface area contributed by atoms with Gasteiger partial charge in [0, 0.05) is 81.3 Å². The molecule has 0 aliphatic heterocycles. The molecule has 0 aliphatic rings. The van der Waals surface area contributed by atoms with Crippen LogP contribution in [0.25, 0.3) is 52.8 Å². The van der Waals surface area contributed by atoms with E-state index in [1.165, 1.54) is 34.4 Å². The molecule has 0 unspecified atom stereocenters. The number of hydrogen-bond acceptors (Lipinski definition) is 7. The van der Waals surface area contributed by atoms with Gasteiger partial charge >= 0.3 is 0 Å². The molecule has 39 heavy (non-hydrogen) atoms. The number of thiophene rings is 2. The van der Waals surface area contributed by atoms with Gasteiger partial charge < -0.3 is 9.80 Å². The van der Waals surface area contributed by atoms with Crippen molar-refractivity contribution in [1.82, 2.24) is 8.75 Å². The molecule has 0 N–H and O–H groups in total. The zero-order chi connectivity index (χ0) is 27.3. The molecule has 3 aromatic heterocycles. The summed E-state index contributed by atoms with van der Waals surface area (Å²) >= 11 is 4.24. The third kappa shape index (κ3) is 4.71. The van der Waals surface area contributed by atoms with Gasteiger partial charge in [-0.3, -0.25) is 0 Å². The van der Waals surface area contributed by atoms with Gasteiger partial charge in [-0.15, -0.1) is 22.7 Å². The molecule has 0 saturated carbocycles. The van der Waals surface area contributed by atoms with Gasteiger partial charge in [-0.2, -0.15) is 8.75 Å². The predicted octanol–water partition coefficient (Wildman–Crippen LogP) is 8.89. The Morgan fingerprint density at radius 3 is 1.23 bits per heavy atom. The minimum atomic E-state index is -0.244. The molecule has 196 valence electrons. The van der Waals surface area contributed by atoms with Gasteiger partial charge in [0.15, 0.2) is 0 Å². The smallest absolute Gasteiger partial charge is 0.133 e. The molecule has 0 atom stereocenters. The van der Waals surface area contributed by atoms with Crippen LogP contribution in [0.15, 0.2) is 72.8 Å². The van der Waals surface area contributed by atoms with Crippen molar-refractivity contribution in [3.8, 4) is 41.8 Å². The SMILES string of the molecule is CN(C)c1ccc(-c2ccc(-c3ccc(-c4ccc(-c5ccc(N(C)C)cc5F)s4)c4nsnc34)s2)c(F)c1. The number of fused-ring (bicyclic) bond motifs is 1. The number of hydrogen-bond donors (Lipinski definition) is 0. The molecule has 6 aromatic rings. The Hall–Kier alpha value is -3.66. The molecule has 0 amide bonds. The van der Waals surface area contributed by atoms with E-state index in [1.807, 2.05) is 98.7 Å². The van der Waals surface area contributed by atoms with Crippen LogP contribution in [0.1, 0.15) is 0 Å². The highest BCUT2D eigenvalue weighted by molar-refractivity contribution is 7.19. The van der Waals surface area contributed by atoms with Crippen molar-refractivity contribution in [3.05, 3.63) is 84.4 Å². The summed E-state index contributed by atoms with van der Waals surface area (Å²) in [5, 5.41) is 0. The quantitative estimate of drug-likeness (QED) is 0.199. The van der Waals surface area contributed by atoms with Crippen LogP contribution >= 0.6 is 34.4 Å². The van der Waals surface area contributed by atoms with E-state index in [1.54, 1.807) is 12.1 Å². The lowest BCUT2D eigenvalue weighted by Gasteiger charge is -2.13. The molecule has 0 bridgehead atoms. The lowest BCUT2D eigenvalue weighted by Crippen LogP contribution is -2.08. The highest BCUT2D eigenvalue weighted by Crippen LogP contribution is 2.43. The summed E-state index contributed by atoms with van der Waals surface area (Å²) in [4.78, 5) is 7.49. The summed E-state index contributed by atoms with van der Waals surface area (Å²) in [5.74, 6) is -0.488. The zero-order valence-corrected chi connectivity index (χ0v) is 24.1. The van der Waals surface area contributed by atoms with E-state index in [2.05, 4.69) is 8.75 Å². The molecule has 0 fully saturated rings. The highest BCUT2D eigenvalue weighted by Gasteiger charge is 2.18. The Labute approximate surface area is 237 Å². The van der Waals surface area contributed by atoms with Crippen LogP contribution in [0.2, 0.25) is 0 Å². The van der Waals surface area contributed by atoms with E-state index in [9.17, 15) is 8.78 Å². The van der Waals surface area contributed by atoms with Crippen molar-refractivity contribution in [2.75, 3.05) is 38.0 Å². The van der Waals surface area contributed by atoms with Gasteiger partial charge in [-0.1, -0.05) is 12.1 Å². The summed E-state index contributed by atoms with van der Waals surface area (Å²) in [6.45, 7) is 0. The van der Waals surface area contributed by atoms with Gasteiger partial charge in [0.2, 0.25) is 0 Å². The summed E-state index contributed by atoms with van der Waals surface area (Å²) in [7, 11) is 7.58. The Bertz CT molecular complexity index is 1690. The Morgan fingerprint density at radius 1 is 0.513 bits per heavy atom. The van der Waals surface area contributed by atoms with Crippen molar-refractivity contribution in [3.63, 3.8) is 0 Å². The molecular weight excluding hydrogens is 551 g/mol. The van der Waals surface area contributed by atoms with Crippen LogP contribution in [0, 0.1) is 11.6 Å². The van der Waals surface area contributed by atoms with Crippen LogP contribution in [0.5, 0.6) is 0 Å².